The average Bonchev–Trinajstić information content (AvgIpc) is 2.34. The first-order chi connectivity index (χ1) is 8.26. The summed E-state index contributed by atoms with van der Waals surface area (Å²) in [5.41, 5.74) is 2.72. The van der Waals surface area contributed by atoms with Crippen LogP contribution in [-0.2, 0) is 6.54 Å². The van der Waals surface area contributed by atoms with Gasteiger partial charge in [0.15, 0.2) is 0 Å². The Labute approximate surface area is 106 Å². The zero-order valence-corrected chi connectivity index (χ0v) is 11.5. The number of aryl methyl sites for hydroxylation is 1. The van der Waals surface area contributed by atoms with E-state index in [2.05, 4.69) is 55.3 Å². The van der Waals surface area contributed by atoms with E-state index in [1.54, 1.807) is 0 Å². The average molecular weight is 234 g/mol. The highest BCUT2D eigenvalue weighted by atomic mass is 15.1. The molecule has 0 aliphatic rings. The number of hydrogen-bond donors (Lipinski definition) is 1. The van der Waals surface area contributed by atoms with Crippen LogP contribution in [0.4, 0.5) is 0 Å². The van der Waals surface area contributed by atoms with Gasteiger partial charge in [-0.05, 0) is 45.1 Å². The fourth-order valence-corrected chi connectivity index (χ4v) is 2.02. The van der Waals surface area contributed by atoms with E-state index >= 15 is 0 Å². The lowest BCUT2D eigenvalue weighted by molar-refractivity contribution is 0.298. The Morgan fingerprint density at radius 3 is 2.59 bits per heavy atom. The summed E-state index contributed by atoms with van der Waals surface area (Å²) in [6.07, 6.45) is 1.23. The minimum atomic E-state index is 0.986. The summed E-state index contributed by atoms with van der Waals surface area (Å²) < 4.78 is 0. The van der Waals surface area contributed by atoms with Crippen LogP contribution in [0.15, 0.2) is 24.3 Å². The molecule has 1 rings (SSSR count). The summed E-state index contributed by atoms with van der Waals surface area (Å²) in [6.45, 7) is 12.2. The summed E-state index contributed by atoms with van der Waals surface area (Å²) in [6, 6.07) is 8.70. The highest BCUT2D eigenvalue weighted by Crippen LogP contribution is 2.03. The summed E-state index contributed by atoms with van der Waals surface area (Å²) in [7, 11) is 0. The van der Waals surface area contributed by atoms with Crippen LogP contribution in [0.3, 0.4) is 0 Å². The Morgan fingerprint density at radius 1 is 1.18 bits per heavy atom. The quantitative estimate of drug-likeness (QED) is 0.696. The van der Waals surface area contributed by atoms with Gasteiger partial charge in [0.05, 0.1) is 0 Å². The number of nitrogens with zero attached hydrogens (tertiary/aromatic N) is 1. The van der Waals surface area contributed by atoms with Gasteiger partial charge in [0, 0.05) is 6.54 Å². The lowest BCUT2D eigenvalue weighted by atomic mass is 10.1. The molecule has 96 valence electrons. The smallest absolute Gasteiger partial charge is 0.0205 e. The zero-order chi connectivity index (χ0) is 12.5. The highest BCUT2D eigenvalue weighted by molar-refractivity contribution is 5.21. The SMILES string of the molecule is CCN(CC)CCCNCc1cccc(C)c1. The standard InChI is InChI=1S/C15H26N2/c1-4-17(5-2)11-7-10-16-13-15-9-6-8-14(3)12-15/h6,8-9,12,16H,4-5,7,10-11,13H2,1-3H3. The van der Waals surface area contributed by atoms with E-state index in [9.17, 15) is 0 Å². The third-order valence-electron chi connectivity index (χ3n) is 3.13. The van der Waals surface area contributed by atoms with Crippen LogP contribution >= 0.6 is 0 Å². The van der Waals surface area contributed by atoms with Crippen molar-refractivity contribution in [3.05, 3.63) is 35.4 Å². The Hall–Kier alpha value is -0.860. The molecule has 0 heterocycles. The molecule has 17 heavy (non-hydrogen) atoms. The van der Waals surface area contributed by atoms with Crippen molar-refractivity contribution in [3.63, 3.8) is 0 Å². The minimum Gasteiger partial charge on any atom is -0.313 e. The Balaban J connectivity index is 2.12. The maximum absolute atomic E-state index is 3.51. The lowest BCUT2D eigenvalue weighted by Gasteiger charge is -2.17. The van der Waals surface area contributed by atoms with Crippen LogP contribution in [0.25, 0.3) is 0 Å². The normalized spacial score (nSPS) is 11.1. The predicted octanol–water partition coefficient (Wildman–Crippen LogP) is 2.82. The van der Waals surface area contributed by atoms with Crippen LogP contribution in [0, 0.1) is 6.92 Å². The molecule has 1 aromatic carbocycles. The Kier molecular flexibility index (Phi) is 6.90. The highest BCUT2D eigenvalue weighted by Gasteiger charge is 1.98. The van der Waals surface area contributed by atoms with Crippen molar-refractivity contribution in [2.24, 2.45) is 0 Å². The predicted molar refractivity (Wildman–Crippen MR) is 75.3 cm³/mol. The topological polar surface area (TPSA) is 15.3 Å². The monoisotopic (exact) mass is 234 g/mol. The molecule has 1 N–H and O–H groups in total. The summed E-state index contributed by atoms with van der Waals surface area (Å²) in [5, 5.41) is 3.51. The lowest BCUT2D eigenvalue weighted by Crippen LogP contribution is -2.27. The van der Waals surface area contributed by atoms with E-state index in [0.717, 1.165) is 26.2 Å². The Morgan fingerprint density at radius 2 is 1.94 bits per heavy atom. The first-order valence-electron chi connectivity index (χ1n) is 6.74. The molecule has 0 atom stereocenters. The first-order valence-corrected chi connectivity index (χ1v) is 6.74. The van der Waals surface area contributed by atoms with Crippen LogP contribution in [-0.4, -0.2) is 31.1 Å². The van der Waals surface area contributed by atoms with Gasteiger partial charge < -0.3 is 10.2 Å². The molecule has 0 amide bonds. The number of rotatable bonds is 8. The third kappa shape index (κ3) is 5.85. The fourth-order valence-electron chi connectivity index (χ4n) is 2.02. The van der Waals surface area contributed by atoms with Crippen molar-refractivity contribution in [1.29, 1.82) is 0 Å². The molecule has 0 fully saturated rings. The van der Waals surface area contributed by atoms with Gasteiger partial charge in [0.25, 0.3) is 0 Å². The van der Waals surface area contributed by atoms with Gasteiger partial charge in [0.1, 0.15) is 0 Å². The largest absolute Gasteiger partial charge is 0.313 e. The Bertz CT molecular complexity index is 306. The molecule has 0 saturated carbocycles. The van der Waals surface area contributed by atoms with Crippen LogP contribution < -0.4 is 5.32 Å². The summed E-state index contributed by atoms with van der Waals surface area (Å²) >= 11 is 0. The van der Waals surface area contributed by atoms with E-state index in [-0.39, 0.29) is 0 Å². The van der Waals surface area contributed by atoms with Crippen molar-refractivity contribution < 1.29 is 0 Å². The molecular weight excluding hydrogens is 208 g/mol. The molecule has 0 radical (unpaired) electrons. The van der Waals surface area contributed by atoms with Crippen molar-refractivity contribution in [2.75, 3.05) is 26.2 Å². The van der Waals surface area contributed by atoms with Crippen molar-refractivity contribution >= 4 is 0 Å². The van der Waals surface area contributed by atoms with Gasteiger partial charge in [-0.15, -0.1) is 0 Å². The molecule has 1 aromatic rings. The number of nitrogens with one attached hydrogen (secondary N) is 1. The number of hydrogen-bond acceptors (Lipinski definition) is 2. The van der Waals surface area contributed by atoms with Crippen molar-refractivity contribution in [3.8, 4) is 0 Å². The summed E-state index contributed by atoms with van der Waals surface area (Å²) in [4.78, 5) is 2.47. The van der Waals surface area contributed by atoms with Gasteiger partial charge >= 0.3 is 0 Å². The second-order valence-corrected chi connectivity index (χ2v) is 4.55. The molecule has 0 unspecified atom stereocenters. The summed E-state index contributed by atoms with van der Waals surface area (Å²) in [5.74, 6) is 0. The molecule has 0 aromatic heterocycles. The molecule has 0 aliphatic carbocycles. The van der Waals surface area contributed by atoms with Gasteiger partial charge in [-0.3, -0.25) is 0 Å². The van der Waals surface area contributed by atoms with Gasteiger partial charge in [-0.25, -0.2) is 0 Å². The van der Waals surface area contributed by atoms with Crippen LogP contribution in [0.1, 0.15) is 31.4 Å². The van der Waals surface area contributed by atoms with E-state index < -0.39 is 0 Å². The van der Waals surface area contributed by atoms with E-state index in [1.807, 2.05) is 0 Å². The zero-order valence-electron chi connectivity index (χ0n) is 11.5. The fraction of sp³-hybridized carbons (Fsp3) is 0.600. The number of benzene rings is 1. The maximum atomic E-state index is 3.51. The van der Waals surface area contributed by atoms with Gasteiger partial charge in [0.2, 0.25) is 0 Å². The molecule has 0 spiro atoms. The third-order valence-corrected chi connectivity index (χ3v) is 3.13. The van der Waals surface area contributed by atoms with Crippen LogP contribution in [0.5, 0.6) is 0 Å². The molecule has 0 bridgehead atoms. The molecule has 0 saturated heterocycles. The van der Waals surface area contributed by atoms with Crippen LogP contribution in [0.2, 0.25) is 0 Å². The van der Waals surface area contributed by atoms with Crippen molar-refractivity contribution in [2.45, 2.75) is 33.7 Å². The second kappa shape index (κ2) is 8.26. The van der Waals surface area contributed by atoms with E-state index in [1.165, 1.54) is 24.1 Å². The van der Waals surface area contributed by atoms with Gasteiger partial charge in [-0.2, -0.15) is 0 Å². The first kappa shape index (κ1) is 14.2. The molecule has 0 aliphatic heterocycles. The van der Waals surface area contributed by atoms with Gasteiger partial charge in [-0.1, -0.05) is 43.7 Å². The molecule has 2 heteroatoms. The molecule has 2 nitrogen and oxygen atoms in total. The minimum absolute atomic E-state index is 0.986. The van der Waals surface area contributed by atoms with E-state index in [4.69, 9.17) is 0 Å². The van der Waals surface area contributed by atoms with E-state index in [0.29, 0.717) is 0 Å². The molecular formula is C15H26N2. The second-order valence-electron chi connectivity index (χ2n) is 4.55. The van der Waals surface area contributed by atoms with Crippen molar-refractivity contribution in [1.82, 2.24) is 10.2 Å². The maximum Gasteiger partial charge on any atom is 0.0205 e.